The van der Waals surface area contributed by atoms with Crippen LogP contribution in [-0.4, -0.2) is 55.9 Å². The zero-order valence-electron chi connectivity index (χ0n) is 20.6. The number of hydrogen-bond acceptors (Lipinski definition) is 7. The van der Waals surface area contributed by atoms with E-state index in [1.165, 1.54) is 0 Å². The van der Waals surface area contributed by atoms with Crippen molar-refractivity contribution in [3.05, 3.63) is 141 Å². The van der Waals surface area contributed by atoms with Crippen LogP contribution in [0.3, 0.4) is 0 Å². The quantitative estimate of drug-likeness (QED) is 0.265. The molecule has 10 heteroatoms. The number of aromatic amines is 1. The summed E-state index contributed by atoms with van der Waals surface area (Å²) in [6.45, 7) is -0.305. The number of nitrogens with zero attached hydrogens (tertiary/aromatic N) is 1. The minimum atomic E-state index is -1.80. The molecule has 9 nitrogen and oxygen atoms in total. The number of H-pyrrole nitrogens is 1. The Labute approximate surface area is 222 Å². The smallest absolute Gasteiger partial charge is 0.330 e. The Morgan fingerprint density at radius 2 is 1.28 bits per heavy atom. The summed E-state index contributed by atoms with van der Waals surface area (Å²) in [6, 6.07) is 28.3. The number of hydrogen-bond donors (Lipinski definition) is 4. The van der Waals surface area contributed by atoms with E-state index < -0.39 is 53.3 Å². The zero-order chi connectivity index (χ0) is 27.6. The minimum absolute atomic E-state index is 0.305. The lowest BCUT2D eigenvalue weighted by Crippen LogP contribution is -2.58. The third-order valence-corrected chi connectivity index (χ3v) is 6.89. The highest BCUT2D eigenvalue weighted by molar-refractivity contribution is 5.47. The summed E-state index contributed by atoms with van der Waals surface area (Å²) >= 11 is 0. The van der Waals surface area contributed by atoms with Gasteiger partial charge in [-0.1, -0.05) is 91.0 Å². The van der Waals surface area contributed by atoms with Crippen LogP contribution in [0.2, 0.25) is 0 Å². The Morgan fingerprint density at radius 3 is 1.77 bits per heavy atom. The summed E-state index contributed by atoms with van der Waals surface area (Å²) in [5.41, 5.74) is -1.12. The van der Waals surface area contributed by atoms with Crippen LogP contribution < -0.4 is 11.2 Å². The predicted octanol–water partition coefficient (Wildman–Crippen LogP) is 1.66. The number of nitrogens with one attached hydrogen (secondary N) is 1. The van der Waals surface area contributed by atoms with Gasteiger partial charge in [0.2, 0.25) is 5.82 Å². The third kappa shape index (κ3) is 4.96. The van der Waals surface area contributed by atoms with Crippen LogP contribution in [0.1, 0.15) is 22.9 Å². The van der Waals surface area contributed by atoms with Gasteiger partial charge in [-0.05, 0) is 16.7 Å². The number of ether oxygens (including phenoxy) is 2. The van der Waals surface area contributed by atoms with Gasteiger partial charge in [-0.2, -0.15) is 4.39 Å². The van der Waals surface area contributed by atoms with Crippen molar-refractivity contribution in [3.63, 3.8) is 0 Å². The first-order chi connectivity index (χ1) is 18.8. The third-order valence-electron chi connectivity index (χ3n) is 6.89. The van der Waals surface area contributed by atoms with E-state index in [4.69, 9.17) is 9.47 Å². The van der Waals surface area contributed by atoms with Crippen molar-refractivity contribution in [3.8, 4) is 0 Å². The Balaban J connectivity index is 1.56. The first-order valence-electron chi connectivity index (χ1n) is 12.3. The van der Waals surface area contributed by atoms with Crippen LogP contribution in [0.15, 0.2) is 107 Å². The maximum atomic E-state index is 14.0. The van der Waals surface area contributed by atoms with Crippen LogP contribution in [0.4, 0.5) is 4.39 Å². The Kier molecular flexibility index (Phi) is 7.56. The van der Waals surface area contributed by atoms with Crippen molar-refractivity contribution in [2.24, 2.45) is 0 Å². The predicted molar refractivity (Wildman–Crippen MR) is 138 cm³/mol. The fourth-order valence-electron chi connectivity index (χ4n) is 4.92. The van der Waals surface area contributed by atoms with Crippen molar-refractivity contribution in [1.29, 1.82) is 0 Å². The fourth-order valence-corrected chi connectivity index (χ4v) is 4.92. The molecule has 2 heterocycles. The molecule has 4 N–H and O–H groups in total. The first-order valence-corrected chi connectivity index (χ1v) is 12.3. The van der Waals surface area contributed by atoms with Gasteiger partial charge in [-0.25, -0.2) is 4.79 Å². The van der Waals surface area contributed by atoms with Crippen LogP contribution in [-0.2, 0) is 15.1 Å². The van der Waals surface area contributed by atoms with Crippen LogP contribution in [0.25, 0.3) is 0 Å². The molecule has 0 unspecified atom stereocenters. The first kappa shape index (κ1) is 26.7. The molecule has 1 aliphatic rings. The van der Waals surface area contributed by atoms with Gasteiger partial charge in [0.05, 0.1) is 12.8 Å². The molecule has 202 valence electrons. The summed E-state index contributed by atoms with van der Waals surface area (Å²) in [5, 5.41) is 32.0. The Hall–Kier alpha value is -3.93. The van der Waals surface area contributed by atoms with E-state index in [0.29, 0.717) is 10.8 Å². The van der Waals surface area contributed by atoms with Crippen LogP contribution in [0, 0.1) is 5.82 Å². The topological polar surface area (TPSA) is 134 Å². The molecular formula is C29H27FN2O7. The number of halogens is 1. The maximum Gasteiger partial charge on any atom is 0.330 e. The lowest BCUT2D eigenvalue weighted by molar-refractivity contribution is -0.259. The number of benzene rings is 3. The second-order valence-corrected chi connectivity index (χ2v) is 9.27. The van der Waals surface area contributed by atoms with Crippen LogP contribution >= 0.6 is 0 Å². The fraction of sp³-hybridized carbons (Fsp3) is 0.241. The summed E-state index contributed by atoms with van der Waals surface area (Å²) in [6.07, 6.45) is -7.47. The average molecular weight is 535 g/mol. The molecule has 0 radical (unpaired) electrons. The maximum absolute atomic E-state index is 14.0. The number of rotatable bonds is 7. The molecule has 5 rings (SSSR count). The molecule has 1 aromatic heterocycles. The average Bonchev–Trinajstić information content (AvgIpc) is 2.97. The molecule has 0 saturated carbocycles. The van der Waals surface area contributed by atoms with Gasteiger partial charge >= 0.3 is 5.69 Å². The van der Waals surface area contributed by atoms with E-state index in [1.54, 1.807) is 4.98 Å². The SMILES string of the molecule is O=c1[nH]c(=O)n([C@H]2O[C@H](COC(c3ccccc3)(c3ccccc3)c3ccccc3)[C@H](O)[C@H](O)[C@H]2O)cc1F. The van der Waals surface area contributed by atoms with Gasteiger partial charge in [-0.3, -0.25) is 14.3 Å². The Morgan fingerprint density at radius 1 is 0.795 bits per heavy atom. The number of aliphatic hydroxyl groups excluding tert-OH is 3. The van der Waals surface area contributed by atoms with E-state index in [0.717, 1.165) is 16.7 Å². The molecule has 0 spiro atoms. The summed E-state index contributed by atoms with van der Waals surface area (Å²) in [7, 11) is 0. The van der Waals surface area contributed by atoms with E-state index in [1.807, 2.05) is 91.0 Å². The van der Waals surface area contributed by atoms with E-state index >= 15 is 0 Å². The minimum Gasteiger partial charge on any atom is -0.387 e. The zero-order valence-corrected chi connectivity index (χ0v) is 20.6. The highest BCUT2D eigenvalue weighted by Crippen LogP contribution is 2.41. The van der Waals surface area contributed by atoms with Crippen molar-refractivity contribution in [2.45, 2.75) is 36.2 Å². The lowest BCUT2D eigenvalue weighted by atomic mass is 9.80. The van der Waals surface area contributed by atoms with Crippen molar-refractivity contribution >= 4 is 0 Å². The van der Waals surface area contributed by atoms with E-state index in [-0.39, 0.29) is 6.61 Å². The molecule has 1 fully saturated rings. The van der Waals surface area contributed by atoms with Crippen molar-refractivity contribution in [1.82, 2.24) is 9.55 Å². The van der Waals surface area contributed by atoms with Gasteiger partial charge in [0.1, 0.15) is 30.0 Å². The molecule has 0 bridgehead atoms. The number of aliphatic hydroxyl groups is 3. The van der Waals surface area contributed by atoms with Crippen LogP contribution in [0.5, 0.6) is 0 Å². The Bertz CT molecular complexity index is 1420. The molecule has 0 amide bonds. The molecule has 0 aliphatic carbocycles. The normalized spacial score (nSPS) is 23.4. The monoisotopic (exact) mass is 534 g/mol. The molecule has 1 saturated heterocycles. The van der Waals surface area contributed by atoms with Gasteiger partial charge < -0.3 is 24.8 Å². The van der Waals surface area contributed by atoms with Gasteiger partial charge in [0, 0.05) is 0 Å². The summed E-state index contributed by atoms with van der Waals surface area (Å²) in [4.78, 5) is 25.7. The molecule has 3 aromatic carbocycles. The highest BCUT2D eigenvalue weighted by Gasteiger charge is 2.47. The largest absolute Gasteiger partial charge is 0.387 e. The van der Waals surface area contributed by atoms with Gasteiger partial charge in [-0.15, -0.1) is 0 Å². The summed E-state index contributed by atoms with van der Waals surface area (Å²) < 4.78 is 27.1. The summed E-state index contributed by atoms with van der Waals surface area (Å²) in [5.74, 6) is -1.28. The molecular weight excluding hydrogens is 507 g/mol. The van der Waals surface area contributed by atoms with Gasteiger partial charge in [0.25, 0.3) is 5.56 Å². The lowest BCUT2D eigenvalue weighted by Gasteiger charge is -2.43. The highest BCUT2D eigenvalue weighted by atomic mass is 19.1. The molecule has 5 atom stereocenters. The van der Waals surface area contributed by atoms with Crippen molar-refractivity contribution < 1.29 is 29.2 Å². The van der Waals surface area contributed by atoms with E-state index in [2.05, 4.69) is 0 Å². The standard InChI is InChI=1S/C29H27FN2O7/c30-21-16-32(28(37)31-26(21)36)27-25(35)24(34)23(33)22(39-27)17-38-29(18-10-4-1-5-11-18,19-12-6-2-7-13-19)20-14-8-3-9-15-20/h1-16,22-25,27,33-35H,17H2,(H,31,36,37)/t22-,23+,24+,25-,27+/m1/s1. The van der Waals surface area contributed by atoms with E-state index in [9.17, 15) is 29.3 Å². The molecule has 1 aliphatic heterocycles. The second kappa shape index (κ2) is 11.0. The number of aromatic nitrogens is 2. The molecule has 4 aromatic rings. The second-order valence-electron chi connectivity index (χ2n) is 9.27. The van der Waals surface area contributed by atoms with Crippen molar-refractivity contribution in [2.75, 3.05) is 6.61 Å². The van der Waals surface area contributed by atoms with Gasteiger partial charge in [0.15, 0.2) is 6.23 Å². The molecule has 39 heavy (non-hydrogen) atoms.